The van der Waals surface area contributed by atoms with E-state index in [2.05, 4.69) is 78.9 Å². The zero-order valence-corrected chi connectivity index (χ0v) is 16.5. The average Bonchev–Trinajstić information content (AvgIpc) is 3.01. The van der Waals surface area contributed by atoms with Crippen molar-refractivity contribution in [2.45, 2.75) is 44.9 Å². The van der Waals surface area contributed by atoms with Crippen LogP contribution in [0.5, 0.6) is 0 Å². The number of hydrogen-bond acceptors (Lipinski definition) is 0. The van der Waals surface area contributed by atoms with Gasteiger partial charge in [-0.1, -0.05) is 111 Å². The molecule has 0 amide bonds. The third-order valence-electron chi connectivity index (χ3n) is 6.53. The van der Waals surface area contributed by atoms with E-state index in [1.54, 1.807) is 0 Å². The minimum absolute atomic E-state index is 0.863. The van der Waals surface area contributed by atoms with Crippen LogP contribution in [0.25, 0.3) is 34.1 Å². The van der Waals surface area contributed by atoms with E-state index >= 15 is 0 Å². The van der Waals surface area contributed by atoms with Crippen LogP contribution in [0.4, 0.5) is 0 Å². The molecule has 5 rings (SSSR count). The lowest BCUT2D eigenvalue weighted by Crippen LogP contribution is -2.10. The van der Waals surface area contributed by atoms with E-state index in [-0.39, 0.29) is 0 Å². The summed E-state index contributed by atoms with van der Waals surface area (Å²) in [7, 11) is 0. The van der Waals surface area contributed by atoms with E-state index < -0.39 is 0 Å². The van der Waals surface area contributed by atoms with Crippen LogP contribution < -0.4 is 0 Å². The molecule has 2 aliphatic rings. The van der Waals surface area contributed by atoms with E-state index in [4.69, 9.17) is 0 Å². The van der Waals surface area contributed by atoms with E-state index in [1.165, 1.54) is 77.1 Å². The van der Waals surface area contributed by atoms with Crippen LogP contribution in [0.2, 0.25) is 0 Å². The van der Waals surface area contributed by atoms with Crippen molar-refractivity contribution < 1.29 is 0 Å². The van der Waals surface area contributed by atoms with Gasteiger partial charge in [0.2, 0.25) is 0 Å². The summed E-state index contributed by atoms with van der Waals surface area (Å²) in [5, 5.41) is 2.65. The zero-order valence-electron chi connectivity index (χ0n) is 16.5. The summed E-state index contributed by atoms with van der Waals surface area (Å²) >= 11 is 0. The zero-order chi connectivity index (χ0) is 18.8. The molecule has 0 aliphatic heterocycles. The maximum atomic E-state index is 2.41. The Kier molecular flexibility index (Phi) is 4.87. The largest absolute Gasteiger partial charge is 0.0801 e. The third-order valence-corrected chi connectivity index (χ3v) is 6.53. The maximum Gasteiger partial charge on any atom is -0.00991 e. The predicted octanol–water partition coefficient (Wildman–Crippen LogP) is 8.06. The molecule has 0 atom stereocenters. The molecule has 0 saturated heterocycles. The first-order valence-electron chi connectivity index (χ1n) is 10.9. The highest BCUT2D eigenvalue weighted by Gasteiger charge is 2.18. The SMILES string of the molecule is C1=Cc2c(CC3CCCCC3)ccc(-c3cccc4ccccc34)c2C=CC1. The molecule has 28 heavy (non-hydrogen) atoms. The normalized spacial score (nSPS) is 16.9. The Morgan fingerprint density at radius 1 is 0.679 bits per heavy atom. The summed E-state index contributed by atoms with van der Waals surface area (Å²) in [5.41, 5.74) is 7.09. The van der Waals surface area contributed by atoms with Gasteiger partial charge in [-0.2, -0.15) is 0 Å². The van der Waals surface area contributed by atoms with Crippen LogP contribution in [0.1, 0.15) is 55.2 Å². The van der Waals surface area contributed by atoms with Crippen molar-refractivity contribution in [1.82, 2.24) is 0 Å². The molecule has 0 unspecified atom stereocenters. The Balaban J connectivity index is 1.64. The first-order valence-corrected chi connectivity index (χ1v) is 10.9. The van der Waals surface area contributed by atoms with Crippen LogP contribution in [-0.2, 0) is 6.42 Å². The fraction of sp³-hybridized carbons (Fsp3) is 0.286. The Morgan fingerprint density at radius 2 is 1.46 bits per heavy atom. The van der Waals surface area contributed by atoms with Crippen molar-refractivity contribution in [3.05, 3.63) is 83.4 Å². The second kappa shape index (κ2) is 7.80. The van der Waals surface area contributed by atoms with Crippen molar-refractivity contribution in [3.8, 4) is 11.1 Å². The maximum absolute atomic E-state index is 2.41. The lowest BCUT2D eigenvalue weighted by Gasteiger charge is -2.23. The molecule has 0 aromatic heterocycles. The molecule has 0 N–H and O–H groups in total. The van der Waals surface area contributed by atoms with Crippen molar-refractivity contribution in [3.63, 3.8) is 0 Å². The number of hydrogen-bond donors (Lipinski definition) is 0. The summed E-state index contributed by atoms with van der Waals surface area (Å²) in [4.78, 5) is 0. The van der Waals surface area contributed by atoms with Gasteiger partial charge in [0.15, 0.2) is 0 Å². The average molecular weight is 365 g/mol. The summed E-state index contributed by atoms with van der Waals surface area (Å²) in [5.74, 6) is 0.863. The van der Waals surface area contributed by atoms with Gasteiger partial charge in [0.05, 0.1) is 0 Å². The molecule has 0 bridgehead atoms. The minimum atomic E-state index is 0.863. The van der Waals surface area contributed by atoms with Crippen LogP contribution >= 0.6 is 0 Å². The molecule has 0 nitrogen and oxygen atoms in total. The molecule has 140 valence electrons. The minimum Gasteiger partial charge on any atom is -0.0801 e. The second-order valence-corrected chi connectivity index (χ2v) is 8.37. The summed E-state index contributed by atoms with van der Waals surface area (Å²) in [6, 6.07) is 20.2. The van der Waals surface area contributed by atoms with Crippen LogP contribution in [-0.4, -0.2) is 0 Å². The standard InChI is InChI=1S/C28H28/c1-3-10-21(11-4-1)20-23-18-19-28(26-16-6-2-5-14-25(23)26)27-17-9-13-22-12-7-8-15-24(22)27/h5-9,12-19,21H,1-4,10-11,20H2. The molecule has 0 heterocycles. The van der Waals surface area contributed by atoms with Gasteiger partial charge in [0.1, 0.15) is 0 Å². The van der Waals surface area contributed by atoms with E-state index in [0.717, 1.165) is 12.3 Å². The summed E-state index contributed by atoms with van der Waals surface area (Å²) < 4.78 is 0. The van der Waals surface area contributed by atoms with Gasteiger partial charge in [-0.05, 0) is 57.3 Å². The van der Waals surface area contributed by atoms with Crippen LogP contribution in [0.15, 0.2) is 66.7 Å². The molecular weight excluding hydrogens is 336 g/mol. The molecule has 0 spiro atoms. The number of benzene rings is 3. The molecule has 3 aromatic rings. The van der Waals surface area contributed by atoms with Crippen LogP contribution in [0.3, 0.4) is 0 Å². The Bertz CT molecular complexity index is 1040. The van der Waals surface area contributed by atoms with Gasteiger partial charge in [0, 0.05) is 0 Å². The van der Waals surface area contributed by atoms with Gasteiger partial charge in [-0.3, -0.25) is 0 Å². The lowest BCUT2D eigenvalue weighted by atomic mass is 9.81. The Labute approximate surface area is 168 Å². The van der Waals surface area contributed by atoms with Crippen LogP contribution in [0, 0.1) is 5.92 Å². The number of fused-ring (bicyclic) bond motifs is 2. The number of rotatable bonds is 3. The molecule has 1 saturated carbocycles. The molecule has 2 aliphatic carbocycles. The van der Waals surface area contributed by atoms with Gasteiger partial charge >= 0.3 is 0 Å². The fourth-order valence-electron chi connectivity index (χ4n) is 5.08. The highest BCUT2D eigenvalue weighted by molar-refractivity contribution is 5.99. The van der Waals surface area contributed by atoms with Crippen molar-refractivity contribution >= 4 is 22.9 Å². The van der Waals surface area contributed by atoms with Gasteiger partial charge in [-0.25, -0.2) is 0 Å². The second-order valence-electron chi connectivity index (χ2n) is 8.37. The lowest BCUT2D eigenvalue weighted by molar-refractivity contribution is 0.356. The monoisotopic (exact) mass is 364 g/mol. The van der Waals surface area contributed by atoms with Gasteiger partial charge in [0.25, 0.3) is 0 Å². The smallest absolute Gasteiger partial charge is 0.00991 e. The first-order chi connectivity index (χ1) is 13.9. The first kappa shape index (κ1) is 17.5. The number of allylic oxidation sites excluding steroid dienone is 2. The molecule has 0 heteroatoms. The molecule has 1 fully saturated rings. The van der Waals surface area contributed by atoms with E-state index in [9.17, 15) is 0 Å². The highest BCUT2D eigenvalue weighted by atomic mass is 14.2. The highest BCUT2D eigenvalue weighted by Crippen LogP contribution is 2.37. The molecular formula is C28H28. The van der Waals surface area contributed by atoms with Gasteiger partial charge in [-0.15, -0.1) is 0 Å². The van der Waals surface area contributed by atoms with Crippen molar-refractivity contribution in [2.24, 2.45) is 5.92 Å². The Hall–Kier alpha value is -2.60. The summed E-state index contributed by atoms with van der Waals surface area (Å²) in [6.45, 7) is 0. The van der Waals surface area contributed by atoms with Crippen molar-refractivity contribution in [1.29, 1.82) is 0 Å². The molecule has 0 radical (unpaired) electrons. The third kappa shape index (κ3) is 3.33. The van der Waals surface area contributed by atoms with E-state index in [1.807, 2.05) is 0 Å². The summed E-state index contributed by atoms with van der Waals surface area (Å²) in [6.07, 6.45) is 18.7. The topological polar surface area (TPSA) is 0 Å². The predicted molar refractivity (Wildman–Crippen MR) is 122 cm³/mol. The van der Waals surface area contributed by atoms with Gasteiger partial charge < -0.3 is 0 Å². The quantitative estimate of drug-likeness (QED) is 0.441. The van der Waals surface area contributed by atoms with Crippen molar-refractivity contribution in [2.75, 3.05) is 0 Å². The van der Waals surface area contributed by atoms with E-state index in [0.29, 0.717) is 0 Å². The fourth-order valence-corrected chi connectivity index (χ4v) is 5.08. The molecule has 3 aromatic carbocycles. The Morgan fingerprint density at radius 3 is 2.36 bits per heavy atom.